The average molecular weight is 414 g/mol. The van der Waals surface area contributed by atoms with Crippen LogP contribution >= 0.6 is 22.6 Å². The summed E-state index contributed by atoms with van der Waals surface area (Å²) in [6, 6.07) is 6.51. The standard InChI is InChI=1S/C18H27IOSi/c1-5-6-7-8-10-20-15-17-12-16(13-18(19)14-17)9-11-21(2,3)4/h12-14H,5-8,10,15H2,1-4H3. The van der Waals surface area contributed by atoms with Gasteiger partial charge < -0.3 is 4.74 Å². The zero-order chi connectivity index (χ0) is 15.7. The Balaban J connectivity index is 2.55. The number of halogens is 1. The summed E-state index contributed by atoms with van der Waals surface area (Å²) < 4.78 is 7.01. The lowest BCUT2D eigenvalue weighted by Crippen LogP contribution is -2.16. The first-order chi connectivity index (χ1) is 9.90. The molecule has 0 amide bonds. The molecule has 0 heterocycles. The van der Waals surface area contributed by atoms with Crippen molar-refractivity contribution >= 4 is 30.7 Å². The van der Waals surface area contributed by atoms with Crippen LogP contribution in [0.25, 0.3) is 0 Å². The third kappa shape index (κ3) is 9.33. The summed E-state index contributed by atoms with van der Waals surface area (Å²) in [6.07, 6.45) is 5.02. The maximum absolute atomic E-state index is 5.78. The fraction of sp³-hybridized carbons (Fsp3) is 0.556. The molecule has 1 aromatic carbocycles. The molecule has 0 aromatic heterocycles. The van der Waals surface area contributed by atoms with E-state index in [9.17, 15) is 0 Å². The normalized spacial score (nSPS) is 11.1. The number of hydrogen-bond acceptors (Lipinski definition) is 1. The molecule has 0 bridgehead atoms. The van der Waals surface area contributed by atoms with Crippen molar-refractivity contribution in [2.75, 3.05) is 6.61 Å². The van der Waals surface area contributed by atoms with Crippen LogP contribution in [0.4, 0.5) is 0 Å². The van der Waals surface area contributed by atoms with E-state index in [4.69, 9.17) is 4.74 Å². The Kier molecular flexibility index (Phi) is 8.61. The summed E-state index contributed by atoms with van der Waals surface area (Å²) in [5.41, 5.74) is 5.78. The highest BCUT2D eigenvalue weighted by molar-refractivity contribution is 14.1. The minimum Gasteiger partial charge on any atom is -0.377 e. The van der Waals surface area contributed by atoms with E-state index in [2.05, 4.69) is 78.8 Å². The van der Waals surface area contributed by atoms with E-state index in [-0.39, 0.29) is 0 Å². The Labute approximate surface area is 145 Å². The zero-order valence-corrected chi connectivity index (χ0v) is 16.9. The predicted molar refractivity (Wildman–Crippen MR) is 103 cm³/mol. The smallest absolute Gasteiger partial charge is 0.129 e. The van der Waals surface area contributed by atoms with Gasteiger partial charge in [0.15, 0.2) is 0 Å². The lowest BCUT2D eigenvalue weighted by Gasteiger charge is -2.07. The molecule has 0 aliphatic carbocycles. The predicted octanol–water partition coefficient (Wildman–Crippen LogP) is 5.62. The number of unbranched alkanes of at least 4 members (excludes halogenated alkanes) is 3. The molecule has 1 nitrogen and oxygen atoms in total. The first kappa shape index (κ1) is 18.7. The third-order valence-corrected chi connectivity index (χ3v) is 4.45. The molecule has 0 N–H and O–H groups in total. The Morgan fingerprint density at radius 1 is 1.10 bits per heavy atom. The van der Waals surface area contributed by atoms with Gasteiger partial charge in [0.05, 0.1) is 6.61 Å². The lowest BCUT2D eigenvalue weighted by molar-refractivity contribution is 0.117. The molecule has 0 spiro atoms. The summed E-state index contributed by atoms with van der Waals surface area (Å²) in [5.74, 6) is 3.34. The molecular weight excluding hydrogens is 387 g/mol. The van der Waals surface area contributed by atoms with Gasteiger partial charge in [0.2, 0.25) is 0 Å². The molecule has 0 fully saturated rings. The highest BCUT2D eigenvalue weighted by Gasteiger charge is 2.07. The average Bonchev–Trinajstić information content (AvgIpc) is 2.39. The Hall–Kier alpha value is -0.313. The molecule has 0 saturated heterocycles. The van der Waals surface area contributed by atoms with Crippen molar-refractivity contribution in [1.82, 2.24) is 0 Å². The first-order valence-corrected chi connectivity index (χ1v) is 12.4. The van der Waals surface area contributed by atoms with E-state index in [0.29, 0.717) is 6.61 Å². The molecule has 0 atom stereocenters. The minimum absolute atomic E-state index is 0.699. The van der Waals surface area contributed by atoms with Crippen LogP contribution in [-0.4, -0.2) is 14.7 Å². The maximum atomic E-state index is 5.78. The first-order valence-electron chi connectivity index (χ1n) is 7.81. The zero-order valence-electron chi connectivity index (χ0n) is 13.8. The van der Waals surface area contributed by atoms with E-state index in [1.807, 2.05) is 0 Å². The van der Waals surface area contributed by atoms with Crippen molar-refractivity contribution in [1.29, 1.82) is 0 Å². The third-order valence-electron chi connectivity index (χ3n) is 2.95. The van der Waals surface area contributed by atoms with Crippen molar-refractivity contribution in [3.8, 4) is 11.5 Å². The van der Waals surface area contributed by atoms with Crippen molar-refractivity contribution in [2.45, 2.75) is 58.9 Å². The van der Waals surface area contributed by atoms with Crippen LogP contribution in [-0.2, 0) is 11.3 Å². The van der Waals surface area contributed by atoms with Crippen LogP contribution in [0.5, 0.6) is 0 Å². The van der Waals surface area contributed by atoms with Gasteiger partial charge in [-0.05, 0) is 52.8 Å². The van der Waals surface area contributed by atoms with Gasteiger partial charge in [-0.15, -0.1) is 5.54 Å². The molecule has 116 valence electrons. The summed E-state index contributed by atoms with van der Waals surface area (Å²) in [6.45, 7) is 10.6. The molecule has 0 unspecified atom stereocenters. The van der Waals surface area contributed by atoms with E-state index in [1.54, 1.807) is 0 Å². The van der Waals surface area contributed by atoms with Gasteiger partial charge in [0.25, 0.3) is 0 Å². The van der Waals surface area contributed by atoms with Crippen LogP contribution in [0.15, 0.2) is 18.2 Å². The van der Waals surface area contributed by atoms with E-state index < -0.39 is 8.07 Å². The number of benzene rings is 1. The fourth-order valence-corrected chi connectivity index (χ4v) is 3.14. The Bertz CT molecular complexity index is 494. The fourth-order valence-electron chi connectivity index (χ4n) is 1.89. The maximum Gasteiger partial charge on any atom is 0.129 e. The van der Waals surface area contributed by atoms with Gasteiger partial charge in [-0.2, -0.15) is 0 Å². The molecular formula is C18H27IOSi. The topological polar surface area (TPSA) is 9.23 Å². The highest BCUT2D eigenvalue weighted by atomic mass is 127. The Morgan fingerprint density at radius 3 is 2.52 bits per heavy atom. The molecule has 0 aliphatic rings. The van der Waals surface area contributed by atoms with Crippen molar-refractivity contribution < 1.29 is 4.74 Å². The van der Waals surface area contributed by atoms with Gasteiger partial charge in [0.1, 0.15) is 8.07 Å². The molecule has 1 rings (SSSR count). The molecule has 1 aromatic rings. The monoisotopic (exact) mass is 414 g/mol. The van der Waals surface area contributed by atoms with Crippen LogP contribution in [0, 0.1) is 15.0 Å². The molecule has 21 heavy (non-hydrogen) atoms. The number of rotatable bonds is 7. The minimum atomic E-state index is -1.31. The van der Waals surface area contributed by atoms with Crippen molar-refractivity contribution in [3.63, 3.8) is 0 Å². The molecule has 0 radical (unpaired) electrons. The van der Waals surface area contributed by atoms with Crippen LogP contribution < -0.4 is 0 Å². The van der Waals surface area contributed by atoms with E-state index in [0.717, 1.165) is 12.2 Å². The summed E-state index contributed by atoms with van der Waals surface area (Å²) in [5, 5.41) is 0. The number of ether oxygens (including phenoxy) is 1. The molecule has 0 aliphatic heterocycles. The van der Waals surface area contributed by atoms with Gasteiger partial charge in [0, 0.05) is 15.7 Å². The SMILES string of the molecule is CCCCCCOCc1cc(I)cc(C#C[Si](C)(C)C)c1. The van der Waals surface area contributed by atoms with Gasteiger partial charge in [-0.25, -0.2) is 0 Å². The highest BCUT2D eigenvalue weighted by Crippen LogP contribution is 2.14. The molecule has 3 heteroatoms. The van der Waals surface area contributed by atoms with Crippen molar-refractivity contribution in [2.24, 2.45) is 0 Å². The summed E-state index contributed by atoms with van der Waals surface area (Å²) >= 11 is 2.36. The van der Waals surface area contributed by atoms with E-state index in [1.165, 1.54) is 34.8 Å². The van der Waals surface area contributed by atoms with Crippen LogP contribution in [0.3, 0.4) is 0 Å². The van der Waals surface area contributed by atoms with Crippen LogP contribution in [0.2, 0.25) is 19.6 Å². The Morgan fingerprint density at radius 2 is 1.86 bits per heavy atom. The lowest BCUT2D eigenvalue weighted by atomic mass is 10.1. The molecule has 0 saturated carbocycles. The van der Waals surface area contributed by atoms with Crippen molar-refractivity contribution in [3.05, 3.63) is 32.9 Å². The summed E-state index contributed by atoms with van der Waals surface area (Å²) in [4.78, 5) is 0. The van der Waals surface area contributed by atoms with Gasteiger partial charge >= 0.3 is 0 Å². The van der Waals surface area contributed by atoms with E-state index >= 15 is 0 Å². The second-order valence-electron chi connectivity index (χ2n) is 6.46. The number of hydrogen-bond donors (Lipinski definition) is 0. The van der Waals surface area contributed by atoms with Gasteiger partial charge in [-0.3, -0.25) is 0 Å². The van der Waals surface area contributed by atoms with Crippen LogP contribution in [0.1, 0.15) is 43.7 Å². The largest absolute Gasteiger partial charge is 0.377 e. The van der Waals surface area contributed by atoms with Gasteiger partial charge in [-0.1, -0.05) is 51.7 Å². The second-order valence-corrected chi connectivity index (χ2v) is 12.5. The second kappa shape index (κ2) is 9.65. The summed E-state index contributed by atoms with van der Waals surface area (Å²) in [7, 11) is -1.31. The quantitative estimate of drug-likeness (QED) is 0.244.